The molecule has 1 fully saturated rings. The number of ether oxygens (including phenoxy) is 1. The molecule has 184 valence electrons. The molecule has 1 aromatic carbocycles. The Morgan fingerprint density at radius 3 is 2.56 bits per heavy atom. The summed E-state index contributed by atoms with van der Waals surface area (Å²) in [5, 5.41) is 6.47. The number of nitrogens with one attached hydrogen (secondary N) is 1. The van der Waals surface area contributed by atoms with E-state index in [2.05, 4.69) is 10.4 Å². The third-order valence-corrected chi connectivity index (χ3v) is 7.72. The van der Waals surface area contributed by atoms with Crippen molar-refractivity contribution in [3.05, 3.63) is 52.4 Å². The van der Waals surface area contributed by atoms with E-state index in [1.165, 1.54) is 28.6 Å². The van der Waals surface area contributed by atoms with Gasteiger partial charge in [0.05, 0.1) is 5.69 Å². The fraction of sp³-hybridized carbons (Fsp3) is 0.478. The number of esters is 1. The number of hydrogen-bond acceptors (Lipinski definition) is 7. The maximum absolute atomic E-state index is 13.3. The number of rotatable bonds is 9. The molecule has 0 saturated heterocycles. The number of carbonyl (C=O) groups is 2. The molecule has 1 aromatic heterocycles. The molecule has 1 aliphatic carbocycles. The van der Waals surface area contributed by atoms with Crippen molar-refractivity contribution in [1.29, 1.82) is 0 Å². The summed E-state index contributed by atoms with van der Waals surface area (Å²) in [6, 6.07) is 8.50. The van der Waals surface area contributed by atoms with Gasteiger partial charge in [-0.25, -0.2) is 17.9 Å². The van der Waals surface area contributed by atoms with Gasteiger partial charge in [-0.15, -0.1) is 0 Å². The van der Waals surface area contributed by atoms with Gasteiger partial charge in [0.1, 0.15) is 4.90 Å². The fourth-order valence-corrected chi connectivity index (χ4v) is 5.47. The minimum atomic E-state index is -3.83. The standard InChI is InChI=1S/C23H30N4O6S/c1-3-15-27-22(29)14-13-19(25-27)23(30)33-16-21(28)24-18-11-7-8-12-20(18)34(31,32)26(2)17-9-5-4-6-10-17/h7-8,11-14,17H,3-6,9-10,15-16H2,1-2H3,(H,24,28). The van der Waals surface area contributed by atoms with Crippen LogP contribution in [0.2, 0.25) is 0 Å². The van der Waals surface area contributed by atoms with Crippen molar-refractivity contribution < 1.29 is 22.7 Å². The van der Waals surface area contributed by atoms with Crippen LogP contribution >= 0.6 is 0 Å². The van der Waals surface area contributed by atoms with Crippen LogP contribution in [0.4, 0.5) is 5.69 Å². The SMILES string of the molecule is CCCn1nc(C(=O)OCC(=O)Nc2ccccc2S(=O)(=O)N(C)C2CCCCC2)ccc1=O. The first kappa shape index (κ1) is 25.6. The molecule has 1 aliphatic rings. The summed E-state index contributed by atoms with van der Waals surface area (Å²) in [6.07, 6.45) is 5.34. The Morgan fingerprint density at radius 2 is 1.85 bits per heavy atom. The molecule has 1 saturated carbocycles. The van der Waals surface area contributed by atoms with Gasteiger partial charge in [-0.3, -0.25) is 9.59 Å². The van der Waals surface area contributed by atoms with Crippen LogP contribution < -0.4 is 10.9 Å². The van der Waals surface area contributed by atoms with Gasteiger partial charge in [0.15, 0.2) is 12.3 Å². The van der Waals surface area contributed by atoms with Gasteiger partial charge >= 0.3 is 5.97 Å². The number of aromatic nitrogens is 2. The summed E-state index contributed by atoms with van der Waals surface area (Å²) in [6.45, 7) is 1.58. The average molecular weight is 491 g/mol. The monoisotopic (exact) mass is 490 g/mol. The van der Waals surface area contributed by atoms with Crippen LogP contribution in [0.5, 0.6) is 0 Å². The Kier molecular flexibility index (Phi) is 8.56. The summed E-state index contributed by atoms with van der Waals surface area (Å²) in [7, 11) is -2.27. The maximum Gasteiger partial charge on any atom is 0.359 e. The number of sulfonamides is 1. The summed E-state index contributed by atoms with van der Waals surface area (Å²) in [5.74, 6) is -1.56. The van der Waals surface area contributed by atoms with E-state index in [1.807, 2.05) is 6.92 Å². The largest absolute Gasteiger partial charge is 0.451 e. The van der Waals surface area contributed by atoms with Crippen LogP contribution in [-0.4, -0.2) is 54.1 Å². The second-order valence-corrected chi connectivity index (χ2v) is 10.2. The first-order valence-electron chi connectivity index (χ1n) is 11.4. The number of aryl methyl sites for hydroxylation is 1. The van der Waals surface area contributed by atoms with E-state index in [0.717, 1.165) is 36.8 Å². The van der Waals surface area contributed by atoms with Gasteiger partial charge in [0, 0.05) is 25.7 Å². The van der Waals surface area contributed by atoms with Crippen molar-refractivity contribution in [1.82, 2.24) is 14.1 Å². The molecule has 1 amide bonds. The smallest absolute Gasteiger partial charge is 0.359 e. The Morgan fingerprint density at radius 1 is 1.15 bits per heavy atom. The molecule has 3 rings (SSSR count). The van der Waals surface area contributed by atoms with E-state index in [4.69, 9.17) is 4.74 Å². The third kappa shape index (κ3) is 6.09. The zero-order chi connectivity index (χ0) is 24.7. The molecule has 0 bridgehead atoms. The summed E-state index contributed by atoms with van der Waals surface area (Å²) in [4.78, 5) is 36.5. The lowest BCUT2D eigenvalue weighted by Gasteiger charge is -2.30. The van der Waals surface area contributed by atoms with Gasteiger partial charge in [0.25, 0.3) is 11.5 Å². The fourth-order valence-electron chi connectivity index (χ4n) is 3.91. The molecule has 2 aromatic rings. The minimum absolute atomic E-state index is 0.0175. The number of benzene rings is 1. The average Bonchev–Trinajstić information content (AvgIpc) is 2.84. The summed E-state index contributed by atoms with van der Waals surface area (Å²) in [5.41, 5.74) is -0.328. The van der Waals surface area contributed by atoms with E-state index in [-0.39, 0.29) is 27.9 Å². The predicted octanol–water partition coefficient (Wildman–Crippen LogP) is 2.40. The molecule has 0 atom stereocenters. The van der Waals surface area contributed by atoms with Crippen LogP contribution in [-0.2, 0) is 26.1 Å². The molecule has 10 nitrogen and oxygen atoms in total. The Hall–Kier alpha value is -3.05. The molecule has 0 radical (unpaired) electrons. The summed E-state index contributed by atoms with van der Waals surface area (Å²) < 4.78 is 34.1. The third-order valence-electron chi connectivity index (χ3n) is 5.75. The van der Waals surface area contributed by atoms with Gasteiger partial charge in [-0.1, -0.05) is 38.3 Å². The van der Waals surface area contributed by atoms with Crippen molar-refractivity contribution in [2.24, 2.45) is 0 Å². The minimum Gasteiger partial charge on any atom is -0.451 e. The highest BCUT2D eigenvalue weighted by Crippen LogP contribution is 2.29. The number of nitrogens with zero attached hydrogens (tertiary/aromatic N) is 3. The lowest BCUT2D eigenvalue weighted by molar-refractivity contribution is -0.119. The first-order valence-corrected chi connectivity index (χ1v) is 12.8. The second-order valence-electron chi connectivity index (χ2n) is 8.21. The highest BCUT2D eigenvalue weighted by Gasteiger charge is 2.31. The van der Waals surface area contributed by atoms with Crippen molar-refractivity contribution >= 4 is 27.6 Å². The van der Waals surface area contributed by atoms with Crippen molar-refractivity contribution in [2.45, 2.75) is 62.9 Å². The molecule has 0 aliphatic heterocycles. The van der Waals surface area contributed by atoms with Crippen LogP contribution in [0.1, 0.15) is 55.9 Å². The molecular weight excluding hydrogens is 460 g/mol. The van der Waals surface area contributed by atoms with Crippen molar-refractivity contribution in [3.63, 3.8) is 0 Å². The molecule has 11 heteroatoms. The second kappa shape index (κ2) is 11.4. The lowest BCUT2D eigenvalue weighted by Crippen LogP contribution is -2.38. The molecule has 34 heavy (non-hydrogen) atoms. The number of carbonyl (C=O) groups excluding carboxylic acids is 2. The van der Waals surface area contributed by atoms with Crippen LogP contribution in [0, 0.1) is 0 Å². The topological polar surface area (TPSA) is 128 Å². The van der Waals surface area contributed by atoms with E-state index in [0.29, 0.717) is 13.0 Å². The van der Waals surface area contributed by atoms with Gasteiger partial charge in [-0.2, -0.15) is 9.40 Å². The van der Waals surface area contributed by atoms with E-state index < -0.39 is 28.5 Å². The number of amides is 1. The zero-order valence-electron chi connectivity index (χ0n) is 19.4. The van der Waals surface area contributed by atoms with Gasteiger partial charge in [0.2, 0.25) is 10.0 Å². The lowest BCUT2D eigenvalue weighted by atomic mass is 9.96. The number of hydrogen-bond donors (Lipinski definition) is 1. The van der Waals surface area contributed by atoms with Crippen molar-refractivity contribution in [3.8, 4) is 0 Å². The van der Waals surface area contributed by atoms with Crippen LogP contribution in [0.3, 0.4) is 0 Å². The molecule has 1 heterocycles. The van der Waals surface area contributed by atoms with E-state index in [1.54, 1.807) is 19.2 Å². The maximum atomic E-state index is 13.3. The Bertz CT molecular complexity index is 1190. The van der Waals surface area contributed by atoms with Crippen LogP contribution in [0.15, 0.2) is 46.1 Å². The number of anilines is 1. The number of para-hydroxylation sites is 1. The van der Waals surface area contributed by atoms with E-state index >= 15 is 0 Å². The normalized spacial score (nSPS) is 14.7. The molecular formula is C23H30N4O6S. The molecule has 0 spiro atoms. The Balaban J connectivity index is 1.67. The Labute approximate surface area is 199 Å². The molecule has 0 unspecified atom stereocenters. The van der Waals surface area contributed by atoms with Gasteiger partial charge in [-0.05, 0) is 37.5 Å². The summed E-state index contributed by atoms with van der Waals surface area (Å²) >= 11 is 0. The highest BCUT2D eigenvalue weighted by atomic mass is 32.2. The van der Waals surface area contributed by atoms with Crippen molar-refractivity contribution in [2.75, 3.05) is 19.0 Å². The van der Waals surface area contributed by atoms with Gasteiger partial charge < -0.3 is 10.1 Å². The van der Waals surface area contributed by atoms with E-state index in [9.17, 15) is 22.8 Å². The highest BCUT2D eigenvalue weighted by molar-refractivity contribution is 7.89. The first-order chi connectivity index (χ1) is 16.2. The zero-order valence-corrected chi connectivity index (χ0v) is 20.2. The quantitative estimate of drug-likeness (QED) is 0.535. The molecule has 1 N–H and O–H groups in total. The predicted molar refractivity (Wildman–Crippen MR) is 126 cm³/mol. The van der Waals surface area contributed by atoms with Crippen LogP contribution in [0.25, 0.3) is 0 Å².